The predicted octanol–water partition coefficient (Wildman–Crippen LogP) is 5.06. The summed E-state index contributed by atoms with van der Waals surface area (Å²) in [6.45, 7) is 2.78. The first-order valence-electron chi connectivity index (χ1n) is 7.76. The van der Waals surface area contributed by atoms with Crippen LogP contribution in [0.15, 0.2) is 47.6 Å². The van der Waals surface area contributed by atoms with E-state index in [0.717, 1.165) is 34.4 Å². The molecule has 0 amide bonds. The summed E-state index contributed by atoms with van der Waals surface area (Å²) in [5.74, 6) is 1.82. The van der Waals surface area contributed by atoms with E-state index in [1.54, 1.807) is 13.2 Å². The maximum absolute atomic E-state index is 13.2. The molecule has 2 aromatic carbocycles. The van der Waals surface area contributed by atoms with Crippen LogP contribution in [0.25, 0.3) is 11.4 Å². The van der Waals surface area contributed by atoms with Crippen LogP contribution in [0.2, 0.25) is 5.02 Å². The summed E-state index contributed by atoms with van der Waals surface area (Å²) in [5.41, 5.74) is 1.81. The van der Waals surface area contributed by atoms with Crippen molar-refractivity contribution in [2.45, 2.75) is 24.4 Å². The molecular weight excluding hydrogens is 361 g/mol. The van der Waals surface area contributed by atoms with Gasteiger partial charge in [-0.3, -0.25) is 0 Å². The number of hydrogen-bond acceptors (Lipinski definition) is 4. The number of ether oxygens (including phenoxy) is 1. The fourth-order valence-corrected chi connectivity index (χ4v) is 3.76. The Morgan fingerprint density at radius 3 is 2.76 bits per heavy atom. The zero-order valence-electron chi connectivity index (χ0n) is 13.9. The van der Waals surface area contributed by atoms with Crippen LogP contribution in [-0.4, -0.2) is 21.9 Å². The van der Waals surface area contributed by atoms with Crippen molar-refractivity contribution < 1.29 is 9.13 Å². The molecule has 25 heavy (non-hydrogen) atoms. The lowest BCUT2D eigenvalue weighted by atomic mass is 10.2. The molecule has 0 fully saturated rings. The minimum Gasteiger partial charge on any atom is -0.497 e. The minimum atomic E-state index is -0.337. The molecule has 3 rings (SSSR count). The predicted molar refractivity (Wildman–Crippen MR) is 98.7 cm³/mol. The van der Waals surface area contributed by atoms with Gasteiger partial charge in [0.15, 0.2) is 11.0 Å². The smallest absolute Gasteiger partial charge is 0.191 e. The highest BCUT2D eigenvalue weighted by atomic mass is 35.5. The van der Waals surface area contributed by atoms with Crippen LogP contribution in [0.5, 0.6) is 5.75 Å². The van der Waals surface area contributed by atoms with Crippen LogP contribution >= 0.6 is 23.4 Å². The molecule has 0 bridgehead atoms. The monoisotopic (exact) mass is 377 g/mol. The largest absolute Gasteiger partial charge is 0.497 e. The molecular formula is C18H17ClFN3OS. The Bertz CT molecular complexity index is 885. The molecule has 0 saturated heterocycles. The lowest BCUT2D eigenvalue weighted by Crippen LogP contribution is -2.00. The Labute approximate surface area is 155 Å². The first-order valence-corrected chi connectivity index (χ1v) is 9.13. The van der Waals surface area contributed by atoms with Crippen molar-refractivity contribution in [1.29, 1.82) is 0 Å². The Balaban J connectivity index is 1.84. The van der Waals surface area contributed by atoms with E-state index in [1.807, 2.05) is 35.8 Å². The molecule has 0 aliphatic rings. The van der Waals surface area contributed by atoms with Crippen LogP contribution < -0.4 is 4.74 Å². The fourth-order valence-electron chi connectivity index (χ4n) is 2.44. The van der Waals surface area contributed by atoms with Crippen LogP contribution in [0.4, 0.5) is 4.39 Å². The lowest BCUT2D eigenvalue weighted by Gasteiger charge is -2.09. The number of nitrogens with zero attached hydrogens (tertiary/aromatic N) is 3. The Morgan fingerprint density at radius 2 is 2.04 bits per heavy atom. The number of thioether (sulfide) groups is 1. The second-order valence-corrected chi connectivity index (χ2v) is 6.66. The number of methoxy groups -OCH3 is 1. The summed E-state index contributed by atoms with van der Waals surface area (Å²) in [4.78, 5) is 0. The van der Waals surface area contributed by atoms with E-state index >= 15 is 0 Å². The van der Waals surface area contributed by atoms with Gasteiger partial charge in [-0.1, -0.05) is 41.6 Å². The van der Waals surface area contributed by atoms with E-state index < -0.39 is 0 Å². The van der Waals surface area contributed by atoms with Crippen molar-refractivity contribution in [3.8, 4) is 17.1 Å². The van der Waals surface area contributed by atoms with E-state index in [0.29, 0.717) is 10.8 Å². The van der Waals surface area contributed by atoms with Gasteiger partial charge in [-0.15, -0.1) is 10.2 Å². The van der Waals surface area contributed by atoms with Crippen LogP contribution in [-0.2, 0) is 12.3 Å². The second-order valence-electron chi connectivity index (χ2n) is 5.31. The van der Waals surface area contributed by atoms with E-state index in [2.05, 4.69) is 10.2 Å². The molecule has 3 aromatic rings. The molecule has 0 radical (unpaired) electrons. The van der Waals surface area contributed by atoms with Crippen molar-refractivity contribution in [3.63, 3.8) is 0 Å². The highest BCUT2D eigenvalue weighted by Crippen LogP contribution is 2.30. The number of rotatable bonds is 6. The summed E-state index contributed by atoms with van der Waals surface area (Å²) < 4.78 is 20.5. The molecule has 0 saturated carbocycles. The van der Waals surface area contributed by atoms with Crippen molar-refractivity contribution in [1.82, 2.24) is 14.8 Å². The van der Waals surface area contributed by atoms with Crippen molar-refractivity contribution in [2.24, 2.45) is 0 Å². The molecule has 0 N–H and O–H groups in total. The SMILES string of the molecule is CCn1c(SCc2ccc(F)cc2Cl)nnc1-c1cccc(OC)c1. The molecule has 4 nitrogen and oxygen atoms in total. The third-order valence-electron chi connectivity index (χ3n) is 3.73. The van der Waals surface area contributed by atoms with Gasteiger partial charge in [0, 0.05) is 22.9 Å². The van der Waals surface area contributed by atoms with Gasteiger partial charge >= 0.3 is 0 Å². The lowest BCUT2D eigenvalue weighted by molar-refractivity contribution is 0.415. The number of halogens is 2. The first kappa shape index (κ1) is 17.8. The molecule has 0 atom stereocenters. The van der Waals surface area contributed by atoms with E-state index in [1.165, 1.54) is 23.9 Å². The van der Waals surface area contributed by atoms with Crippen LogP contribution in [0.3, 0.4) is 0 Å². The van der Waals surface area contributed by atoms with Gasteiger partial charge in [0.2, 0.25) is 0 Å². The van der Waals surface area contributed by atoms with Gasteiger partial charge < -0.3 is 9.30 Å². The maximum atomic E-state index is 13.2. The van der Waals surface area contributed by atoms with Gasteiger partial charge in [-0.25, -0.2) is 4.39 Å². The Kier molecular flexibility index (Phi) is 5.60. The molecule has 0 unspecified atom stereocenters. The maximum Gasteiger partial charge on any atom is 0.191 e. The number of benzene rings is 2. The highest BCUT2D eigenvalue weighted by molar-refractivity contribution is 7.98. The van der Waals surface area contributed by atoms with Gasteiger partial charge in [0.05, 0.1) is 7.11 Å². The fraction of sp³-hybridized carbons (Fsp3) is 0.222. The molecule has 1 heterocycles. The average Bonchev–Trinajstić information content (AvgIpc) is 3.04. The van der Waals surface area contributed by atoms with Gasteiger partial charge in [0.1, 0.15) is 11.6 Å². The topological polar surface area (TPSA) is 39.9 Å². The average molecular weight is 378 g/mol. The molecule has 130 valence electrons. The first-order chi connectivity index (χ1) is 12.1. The molecule has 0 aliphatic carbocycles. The molecule has 0 aliphatic heterocycles. The molecule has 0 spiro atoms. The number of hydrogen-bond donors (Lipinski definition) is 0. The van der Waals surface area contributed by atoms with Crippen molar-refractivity contribution in [2.75, 3.05) is 7.11 Å². The van der Waals surface area contributed by atoms with Gasteiger partial charge in [0.25, 0.3) is 0 Å². The van der Waals surface area contributed by atoms with E-state index in [4.69, 9.17) is 16.3 Å². The summed E-state index contributed by atoms with van der Waals surface area (Å²) in [5, 5.41) is 9.84. The highest BCUT2D eigenvalue weighted by Gasteiger charge is 2.14. The minimum absolute atomic E-state index is 0.337. The van der Waals surface area contributed by atoms with Crippen molar-refractivity contribution in [3.05, 3.63) is 58.9 Å². The van der Waals surface area contributed by atoms with E-state index in [-0.39, 0.29) is 5.82 Å². The Hall–Kier alpha value is -2.05. The summed E-state index contributed by atoms with van der Waals surface area (Å²) >= 11 is 7.62. The van der Waals surface area contributed by atoms with E-state index in [9.17, 15) is 4.39 Å². The Morgan fingerprint density at radius 1 is 1.20 bits per heavy atom. The zero-order valence-corrected chi connectivity index (χ0v) is 15.4. The molecule has 7 heteroatoms. The zero-order chi connectivity index (χ0) is 17.8. The standard InChI is InChI=1S/C18H17ClFN3OS/c1-3-23-17(12-5-4-6-15(9-12)24-2)21-22-18(23)25-11-13-7-8-14(20)10-16(13)19/h4-10H,3,11H2,1-2H3. The normalized spacial score (nSPS) is 10.9. The third kappa shape index (κ3) is 3.96. The quantitative estimate of drug-likeness (QED) is 0.563. The number of aromatic nitrogens is 3. The second kappa shape index (κ2) is 7.89. The van der Waals surface area contributed by atoms with Crippen LogP contribution in [0, 0.1) is 5.82 Å². The van der Waals surface area contributed by atoms with Gasteiger partial charge in [-0.05, 0) is 36.8 Å². The third-order valence-corrected chi connectivity index (χ3v) is 5.10. The summed E-state index contributed by atoms with van der Waals surface area (Å²) in [6.07, 6.45) is 0. The van der Waals surface area contributed by atoms with Crippen LogP contribution in [0.1, 0.15) is 12.5 Å². The molecule has 1 aromatic heterocycles. The summed E-state index contributed by atoms with van der Waals surface area (Å²) in [6, 6.07) is 12.2. The summed E-state index contributed by atoms with van der Waals surface area (Å²) in [7, 11) is 1.64. The van der Waals surface area contributed by atoms with Crippen molar-refractivity contribution >= 4 is 23.4 Å². The van der Waals surface area contributed by atoms with Gasteiger partial charge in [-0.2, -0.15) is 0 Å².